The SMILES string of the molecule is COc1cc(/C=C/C(=O)O[C@@H](C)C(=O)N(C)Cc2ccccc2)cc(Cl)c1OC. The van der Waals surface area contributed by atoms with Crippen molar-refractivity contribution in [1.82, 2.24) is 4.90 Å². The van der Waals surface area contributed by atoms with E-state index in [0.29, 0.717) is 28.6 Å². The van der Waals surface area contributed by atoms with Gasteiger partial charge in [0.25, 0.3) is 5.91 Å². The van der Waals surface area contributed by atoms with E-state index in [2.05, 4.69) is 0 Å². The van der Waals surface area contributed by atoms with Crippen molar-refractivity contribution in [1.29, 1.82) is 0 Å². The van der Waals surface area contributed by atoms with Gasteiger partial charge in [-0.25, -0.2) is 4.79 Å². The summed E-state index contributed by atoms with van der Waals surface area (Å²) >= 11 is 6.15. The number of hydrogen-bond acceptors (Lipinski definition) is 5. The zero-order valence-electron chi connectivity index (χ0n) is 16.8. The molecular formula is C22H24ClNO5. The normalized spacial score (nSPS) is 11.8. The van der Waals surface area contributed by atoms with Crippen LogP contribution in [0.2, 0.25) is 5.02 Å². The molecular weight excluding hydrogens is 394 g/mol. The molecule has 0 aliphatic heterocycles. The molecule has 154 valence electrons. The van der Waals surface area contributed by atoms with Crippen LogP contribution in [-0.2, 0) is 20.9 Å². The maximum absolute atomic E-state index is 12.4. The lowest BCUT2D eigenvalue weighted by molar-refractivity contribution is -0.154. The number of likely N-dealkylation sites (N-methyl/N-ethyl adjacent to an activating group) is 1. The smallest absolute Gasteiger partial charge is 0.331 e. The Morgan fingerprint density at radius 2 is 1.83 bits per heavy atom. The Balaban J connectivity index is 1.97. The van der Waals surface area contributed by atoms with Gasteiger partial charge in [-0.05, 0) is 36.3 Å². The van der Waals surface area contributed by atoms with Crippen molar-refractivity contribution in [3.05, 3.63) is 64.7 Å². The largest absolute Gasteiger partial charge is 0.493 e. The quantitative estimate of drug-likeness (QED) is 0.480. The fraction of sp³-hybridized carbons (Fsp3) is 0.273. The highest BCUT2D eigenvalue weighted by Gasteiger charge is 2.20. The lowest BCUT2D eigenvalue weighted by Gasteiger charge is -2.21. The van der Waals surface area contributed by atoms with Gasteiger partial charge < -0.3 is 19.1 Å². The maximum atomic E-state index is 12.4. The first kappa shape index (κ1) is 22.3. The Kier molecular flexibility index (Phi) is 8.09. The summed E-state index contributed by atoms with van der Waals surface area (Å²) in [7, 11) is 4.65. The molecule has 0 saturated heterocycles. The average Bonchev–Trinajstić information content (AvgIpc) is 2.71. The number of nitrogens with zero attached hydrogens (tertiary/aromatic N) is 1. The minimum Gasteiger partial charge on any atom is -0.493 e. The maximum Gasteiger partial charge on any atom is 0.331 e. The Hall–Kier alpha value is -2.99. The third-order valence-electron chi connectivity index (χ3n) is 4.15. The number of rotatable bonds is 8. The molecule has 0 bridgehead atoms. The van der Waals surface area contributed by atoms with E-state index in [-0.39, 0.29) is 5.91 Å². The van der Waals surface area contributed by atoms with Gasteiger partial charge in [-0.3, -0.25) is 4.79 Å². The van der Waals surface area contributed by atoms with E-state index in [1.807, 2.05) is 30.3 Å². The summed E-state index contributed by atoms with van der Waals surface area (Å²) in [6, 6.07) is 12.9. The number of methoxy groups -OCH3 is 2. The summed E-state index contributed by atoms with van der Waals surface area (Å²) in [4.78, 5) is 26.1. The van der Waals surface area contributed by atoms with E-state index in [0.717, 1.165) is 5.56 Å². The van der Waals surface area contributed by atoms with Crippen LogP contribution in [0, 0.1) is 0 Å². The van der Waals surface area contributed by atoms with Crippen molar-refractivity contribution in [3.8, 4) is 11.5 Å². The molecule has 2 aromatic carbocycles. The molecule has 0 aliphatic carbocycles. The highest BCUT2D eigenvalue weighted by molar-refractivity contribution is 6.32. The van der Waals surface area contributed by atoms with Gasteiger partial charge in [0.05, 0.1) is 19.2 Å². The third kappa shape index (κ3) is 6.26. The second-order valence-corrected chi connectivity index (χ2v) is 6.74. The molecule has 6 nitrogen and oxygen atoms in total. The van der Waals surface area contributed by atoms with E-state index in [9.17, 15) is 9.59 Å². The molecule has 0 spiro atoms. The topological polar surface area (TPSA) is 65.1 Å². The summed E-state index contributed by atoms with van der Waals surface area (Å²) in [5.74, 6) is -0.0664. The van der Waals surface area contributed by atoms with Crippen molar-refractivity contribution in [2.24, 2.45) is 0 Å². The van der Waals surface area contributed by atoms with Crippen LogP contribution in [0.1, 0.15) is 18.1 Å². The lowest BCUT2D eigenvalue weighted by atomic mass is 10.2. The summed E-state index contributed by atoms with van der Waals surface area (Å²) in [6.45, 7) is 1.98. The van der Waals surface area contributed by atoms with E-state index in [1.165, 1.54) is 31.3 Å². The molecule has 0 N–H and O–H groups in total. The molecule has 0 aromatic heterocycles. The highest BCUT2D eigenvalue weighted by atomic mass is 35.5. The highest BCUT2D eigenvalue weighted by Crippen LogP contribution is 2.36. The van der Waals surface area contributed by atoms with Gasteiger partial charge in [-0.1, -0.05) is 41.9 Å². The monoisotopic (exact) mass is 417 g/mol. The summed E-state index contributed by atoms with van der Waals surface area (Å²) in [6.07, 6.45) is 1.86. The van der Waals surface area contributed by atoms with Crippen LogP contribution < -0.4 is 9.47 Å². The van der Waals surface area contributed by atoms with Crippen molar-refractivity contribution >= 4 is 29.6 Å². The number of halogens is 1. The van der Waals surface area contributed by atoms with Gasteiger partial charge in [0, 0.05) is 19.7 Å². The van der Waals surface area contributed by atoms with Crippen LogP contribution >= 0.6 is 11.6 Å². The van der Waals surface area contributed by atoms with Crippen LogP contribution in [0.25, 0.3) is 6.08 Å². The van der Waals surface area contributed by atoms with Gasteiger partial charge in [-0.2, -0.15) is 0 Å². The fourth-order valence-corrected chi connectivity index (χ4v) is 3.00. The van der Waals surface area contributed by atoms with Gasteiger partial charge in [-0.15, -0.1) is 0 Å². The molecule has 29 heavy (non-hydrogen) atoms. The van der Waals surface area contributed by atoms with Crippen LogP contribution in [0.3, 0.4) is 0 Å². The molecule has 1 amide bonds. The van der Waals surface area contributed by atoms with E-state index >= 15 is 0 Å². The number of esters is 1. The second-order valence-electron chi connectivity index (χ2n) is 6.33. The van der Waals surface area contributed by atoms with Gasteiger partial charge in [0.1, 0.15) is 0 Å². The summed E-state index contributed by atoms with van der Waals surface area (Å²) in [5.41, 5.74) is 1.62. The van der Waals surface area contributed by atoms with E-state index < -0.39 is 12.1 Å². The van der Waals surface area contributed by atoms with Crippen molar-refractivity contribution in [2.75, 3.05) is 21.3 Å². The molecule has 7 heteroatoms. The molecule has 0 radical (unpaired) electrons. The number of carbonyl (C=O) groups excluding carboxylic acids is 2. The number of ether oxygens (including phenoxy) is 3. The molecule has 2 aromatic rings. The Morgan fingerprint density at radius 3 is 2.45 bits per heavy atom. The summed E-state index contributed by atoms with van der Waals surface area (Å²) < 4.78 is 15.6. The first-order valence-electron chi connectivity index (χ1n) is 8.94. The molecule has 0 unspecified atom stereocenters. The first-order valence-corrected chi connectivity index (χ1v) is 9.32. The number of carbonyl (C=O) groups is 2. The Bertz CT molecular complexity index is 882. The second kappa shape index (κ2) is 10.5. The zero-order valence-corrected chi connectivity index (χ0v) is 17.6. The van der Waals surface area contributed by atoms with Crippen LogP contribution in [0.15, 0.2) is 48.5 Å². The molecule has 1 atom stereocenters. The zero-order chi connectivity index (χ0) is 21.4. The van der Waals surface area contributed by atoms with Crippen LogP contribution in [0.4, 0.5) is 0 Å². The van der Waals surface area contributed by atoms with Crippen LogP contribution in [-0.4, -0.2) is 44.1 Å². The van der Waals surface area contributed by atoms with Crippen molar-refractivity contribution < 1.29 is 23.8 Å². The van der Waals surface area contributed by atoms with Gasteiger partial charge >= 0.3 is 5.97 Å². The fourth-order valence-electron chi connectivity index (χ4n) is 2.71. The van der Waals surface area contributed by atoms with Crippen molar-refractivity contribution in [2.45, 2.75) is 19.6 Å². The number of benzene rings is 2. The minimum absolute atomic E-state index is 0.287. The number of amides is 1. The standard InChI is InChI=1S/C22H24ClNO5/c1-15(22(26)24(2)14-16-8-6-5-7-9-16)29-20(25)11-10-17-12-18(23)21(28-4)19(13-17)27-3/h5-13,15H,14H2,1-4H3/b11-10+/t15-/m0/s1. The summed E-state index contributed by atoms with van der Waals surface area (Å²) in [5, 5.41) is 0.353. The third-order valence-corrected chi connectivity index (χ3v) is 4.43. The predicted octanol–water partition coefficient (Wildman–Crippen LogP) is 3.96. The Labute approximate surface area is 175 Å². The molecule has 2 rings (SSSR count). The molecule has 0 fully saturated rings. The molecule has 0 saturated carbocycles. The van der Waals surface area contributed by atoms with E-state index in [4.69, 9.17) is 25.8 Å². The van der Waals surface area contributed by atoms with Gasteiger partial charge in [0.15, 0.2) is 17.6 Å². The minimum atomic E-state index is -0.908. The van der Waals surface area contributed by atoms with E-state index in [1.54, 1.807) is 26.1 Å². The Morgan fingerprint density at radius 1 is 1.14 bits per heavy atom. The average molecular weight is 418 g/mol. The lowest BCUT2D eigenvalue weighted by Crippen LogP contribution is -2.36. The predicted molar refractivity (Wildman–Crippen MR) is 112 cm³/mol. The molecule has 0 heterocycles. The molecule has 0 aliphatic rings. The first-order chi connectivity index (χ1) is 13.8. The van der Waals surface area contributed by atoms with Gasteiger partial charge in [0.2, 0.25) is 0 Å². The number of hydrogen-bond donors (Lipinski definition) is 0. The van der Waals surface area contributed by atoms with Crippen LogP contribution in [0.5, 0.6) is 11.5 Å². The van der Waals surface area contributed by atoms with Crippen molar-refractivity contribution in [3.63, 3.8) is 0 Å².